The van der Waals surface area contributed by atoms with Crippen molar-refractivity contribution in [1.29, 1.82) is 0 Å². The van der Waals surface area contributed by atoms with E-state index in [0.29, 0.717) is 29.7 Å². The molecule has 0 bridgehead atoms. The molecule has 1 aromatic heterocycles. The molecule has 2 aliphatic heterocycles. The van der Waals surface area contributed by atoms with Crippen LogP contribution in [-0.2, 0) is 4.74 Å². The molecule has 1 saturated heterocycles. The molecule has 166 valence electrons. The van der Waals surface area contributed by atoms with Gasteiger partial charge in [0.15, 0.2) is 5.43 Å². The number of hydrogen-bond donors (Lipinski definition) is 1. The number of pyridine rings is 1. The fourth-order valence-electron chi connectivity index (χ4n) is 4.79. The number of carboxylic acids is 1. The quantitative estimate of drug-likeness (QED) is 0.673. The standard InChI is InChI=1S/C23H27ClN2O5/c1-23(2)6-4-7-25-21(23)15-11-20(31-9-5-8-30-3)17(24)10-14(15)18-12-19(27)16(22(28)29)13-26(18)25/h10-13,21H,4-9H2,1-3H3,(H,28,29). The predicted molar refractivity (Wildman–Crippen MR) is 119 cm³/mol. The van der Waals surface area contributed by atoms with Gasteiger partial charge in [0.2, 0.25) is 0 Å². The molecule has 31 heavy (non-hydrogen) atoms. The number of carbonyl (C=O) groups is 1. The Bertz CT molecular complexity index is 1080. The number of hydrogen-bond acceptors (Lipinski definition) is 5. The van der Waals surface area contributed by atoms with Crippen molar-refractivity contribution in [1.82, 2.24) is 4.68 Å². The van der Waals surface area contributed by atoms with E-state index in [4.69, 9.17) is 21.1 Å². The zero-order valence-corrected chi connectivity index (χ0v) is 18.7. The van der Waals surface area contributed by atoms with Crippen LogP contribution in [0.15, 0.2) is 29.2 Å². The van der Waals surface area contributed by atoms with Gasteiger partial charge >= 0.3 is 5.97 Å². The first-order valence-corrected chi connectivity index (χ1v) is 10.8. The van der Waals surface area contributed by atoms with Gasteiger partial charge in [0.25, 0.3) is 0 Å². The van der Waals surface area contributed by atoms with Gasteiger partial charge in [-0.05, 0) is 36.0 Å². The number of methoxy groups -OCH3 is 1. The molecule has 7 nitrogen and oxygen atoms in total. The average molecular weight is 447 g/mol. The van der Waals surface area contributed by atoms with Gasteiger partial charge < -0.3 is 19.6 Å². The minimum absolute atomic E-state index is 0.00788. The summed E-state index contributed by atoms with van der Waals surface area (Å²) in [5.74, 6) is -0.618. The van der Waals surface area contributed by atoms with E-state index >= 15 is 0 Å². The van der Waals surface area contributed by atoms with Crippen LogP contribution in [0.3, 0.4) is 0 Å². The van der Waals surface area contributed by atoms with Crippen molar-refractivity contribution in [3.05, 3.63) is 50.8 Å². The van der Waals surface area contributed by atoms with Crippen molar-refractivity contribution in [3.8, 4) is 17.0 Å². The Kier molecular flexibility index (Phi) is 5.75. The molecule has 3 heterocycles. The number of rotatable bonds is 6. The van der Waals surface area contributed by atoms with Crippen LogP contribution in [0.5, 0.6) is 5.75 Å². The summed E-state index contributed by atoms with van der Waals surface area (Å²) < 4.78 is 12.8. The lowest BCUT2D eigenvalue weighted by Crippen LogP contribution is -2.52. The molecule has 1 fully saturated rings. The largest absolute Gasteiger partial charge is 0.492 e. The molecule has 0 aliphatic carbocycles. The summed E-state index contributed by atoms with van der Waals surface area (Å²) in [6.45, 7) is 6.28. The monoisotopic (exact) mass is 446 g/mol. The number of aromatic carboxylic acids is 1. The second-order valence-corrected chi connectivity index (χ2v) is 9.22. The lowest BCUT2D eigenvalue weighted by Gasteiger charge is -2.52. The lowest BCUT2D eigenvalue weighted by atomic mass is 9.72. The van der Waals surface area contributed by atoms with Gasteiger partial charge in [0.05, 0.1) is 23.4 Å². The highest BCUT2D eigenvalue weighted by molar-refractivity contribution is 6.32. The molecule has 0 spiro atoms. The summed E-state index contributed by atoms with van der Waals surface area (Å²) >= 11 is 6.56. The van der Waals surface area contributed by atoms with E-state index in [1.807, 2.05) is 16.8 Å². The van der Waals surface area contributed by atoms with E-state index in [1.165, 1.54) is 12.3 Å². The topological polar surface area (TPSA) is 81.0 Å². The third kappa shape index (κ3) is 3.81. The molecule has 8 heteroatoms. The molecule has 1 N–H and O–H groups in total. The van der Waals surface area contributed by atoms with Gasteiger partial charge in [0.1, 0.15) is 11.3 Å². The Morgan fingerprint density at radius 1 is 1.29 bits per heavy atom. The first kappa shape index (κ1) is 21.7. The molecule has 0 radical (unpaired) electrons. The van der Waals surface area contributed by atoms with E-state index in [2.05, 4.69) is 18.9 Å². The predicted octanol–water partition coefficient (Wildman–Crippen LogP) is 4.09. The van der Waals surface area contributed by atoms with Gasteiger partial charge in [-0.3, -0.25) is 9.47 Å². The maximum atomic E-state index is 12.5. The average Bonchev–Trinajstić information content (AvgIpc) is 2.70. The van der Waals surface area contributed by atoms with Crippen molar-refractivity contribution in [3.63, 3.8) is 0 Å². The summed E-state index contributed by atoms with van der Waals surface area (Å²) in [4.78, 5) is 24.1. The lowest BCUT2D eigenvalue weighted by molar-refractivity contribution is 0.0694. The van der Waals surface area contributed by atoms with E-state index < -0.39 is 11.4 Å². The number of carboxylic acid groups (broad SMARTS) is 1. The highest BCUT2D eigenvalue weighted by Crippen LogP contribution is 2.51. The van der Waals surface area contributed by atoms with Crippen molar-refractivity contribution >= 4 is 17.6 Å². The number of benzene rings is 1. The molecule has 2 aromatic rings. The van der Waals surface area contributed by atoms with Crippen molar-refractivity contribution in [2.24, 2.45) is 5.41 Å². The molecule has 4 rings (SSSR count). The summed E-state index contributed by atoms with van der Waals surface area (Å²) in [5, 5.41) is 12.1. The zero-order valence-electron chi connectivity index (χ0n) is 18.0. The Balaban J connectivity index is 1.88. The van der Waals surface area contributed by atoms with Crippen LogP contribution in [-0.4, -0.2) is 42.6 Å². The van der Waals surface area contributed by atoms with E-state index in [9.17, 15) is 14.7 Å². The normalized spacial score (nSPS) is 18.7. The number of halogens is 1. The van der Waals surface area contributed by atoms with Crippen molar-refractivity contribution in [2.45, 2.75) is 39.2 Å². The number of fused-ring (bicyclic) bond motifs is 6. The van der Waals surface area contributed by atoms with Crippen LogP contribution in [0.1, 0.15) is 55.1 Å². The Morgan fingerprint density at radius 2 is 2.06 bits per heavy atom. The van der Waals surface area contributed by atoms with Crippen LogP contribution in [0, 0.1) is 5.41 Å². The van der Waals surface area contributed by atoms with Crippen LogP contribution < -0.4 is 15.2 Å². The molecule has 1 atom stereocenters. The summed E-state index contributed by atoms with van der Waals surface area (Å²) in [6.07, 6.45) is 4.20. The Hall–Kier alpha value is -2.51. The maximum absolute atomic E-state index is 12.5. The van der Waals surface area contributed by atoms with Gasteiger partial charge in [-0.1, -0.05) is 25.4 Å². The maximum Gasteiger partial charge on any atom is 0.341 e. The molecule has 1 unspecified atom stereocenters. The van der Waals surface area contributed by atoms with Crippen LogP contribution in [0.2, 0.25) is 5.02 Å². The van der Waals surface area contributed by atoms with Crippen LogP contribution in [0.4, 0.5) is 0 Å². The third-order valence-electron chi connectivity index (χ3n) is 6.21. The first-order valence-electron chi connectivity index (χ1n) is 10.5. The number of nitrogens with zero attached hydrogens (tertiary/aromatic N) is 2. The van der Waals surface area contributed by atoms with Gasteiger partial charge in [-0.2, -0.15) is 0 Å². The highest BCUT2D eigenvalue weighted by atomic mass is 35.5. The third-order valence-corrected chi connectivity index (χ3v) is 6.51. The van der Waals surface area contributed by atoms with Gasteiger partial charge in [0, 0.05) is 44.5 Å². The minimum atomic E-state index is -1.23. The second-order valence-electron chi connectivity index (χ2n) is 8.81. The van der Waals surface area contributed by atoms with Crippen molar-refractivity contribution in [2.75, 3.05) is 31.9 Å². The molecule has 0 amide bonds. The van der Waals surface area contributed by atoms with E-state index in [-0.39, 0.29) is 17.0 Å². The zero-order chi connectivity index (χ0) is 22.3. The second kappa shape index (κ2) is 8.20. The molecular weight excluding hydrogens is 420 g/mol. The molecule has 0 saturated carbocycles. The summed E-state index contributed by atoms with van der Waals surface area (Å²) in [5.41, 5.74) is 1.69. The Morgan fingerprint density at radius 3 is 2.77 bits per heavy atom. The number of aromatic nitrogens is 1. The minimum Gasteiger partial charge on any atom is -0.492 e. The Labute approximate surface area is 186 Å². The summed E-state index contributed by atoms with van der Waals surface area (Å²) in [7, 11) is 1.65. The first-order chi connectivity index (χ1) is 14.7. The van der Waals surface area contributed by atoms with Gasteiger partial charge in [-0.25, -0.2) is 4.79 Å². The SMILES string of the molecule is COCCCOc1cc2c(cc1Cl)-c1cc(=O)c(C(=O)O)cn1N1CCCC(C)(C)C21. The smallest absolute Gasteiger partial charge is 0.341 e. The summed E-state index contributed by atoms with van der Waals surface area (Å²) in [6, 6.07) is 5.20. The van der Waals surface area contributed by atoms with Crippen LogP contribution in [0.25, 0.3) is 11.3 Å². The number of ether oxygens (including phenoxy) is 2. The van der Waals surface area contributed by atoms with Gasteiger partial charge in [-0.15, -0.1) is 0 Å². The fourth-order valence-corrected chi connectivity index (χ4v) is 5.01. The molecule has 1 aromatic carbocycles. The molecular formula is C23H27ClN2O5. The van der Waals surface area contributed by atoms with Crippen LogP contribution >= 0.6 is 11.6 Å². The molecule has 2 aliphatic rings. The highest BCUT2D eigenvalue weighted by Gasteiger charge is 2.44. The van der Waals surface area contributed by atoms with E-state index in [0.717, 1.165) is 36.9 Å². The van der Waals surface area contributed by atoms with Crippen molar-refractivity contribution < 1.29 is 19.4 Å². The van der Waals surface area contributed by atoms with E-state index in [1.54, 1.807) is 7.11 Å². The number of piperidine rings is 1. The fraction of sp³-hybridized carbons (Fsp3) is 0.478.